The first kappa shape index (κ1) is 20.5. The van der Waals surface area contributed by atoms with E-state index in [0.29, 0.717) is 11.8 Å². The van der Waals surface area contributed by atoms with Crippen molar-refractivity contribution in [2.75, 3.05) is 27.2 Å². The van der Waals surface area contributed by atoms with Gasteiger partial charge >= 0.3 is 0 Å². The zero-order valence-electron chi connectivity index (χ0n) is 15.5. The van der Waals surface area contributed by atoms with Crippen LogP contribution >= 0.6 is 12.4 Å². The van der Waals surface area contributed by atoms with E-state index >= 15 is 0 Å². The minimum atomic E-state index is -0.0882. The molecular weight excluding hydrogens is 306 g/mol. The molecule has 2 nitrogen and oxygen atoms in total. The molecule has 2 atom stereocenters. The highest BCUT2D eigenvalue weighted by molar-refractivity contribution is 5.85. The maximum atomic E-state index is 6.63. The largest absolute Gasteiger partial charge is 0.369 e. The van der Waals surface area contributed by atoms with Crippen LogP contribution in [-0.2, 0) is 10.3 Å². The molecule has 0 radical (unpaired) electrons. The van der Waals surface area contributed by atoms with Crippen LogP contribution in [0.3, 0.4) is 0 Å². The van der Waals surface area contributed by atoms with Crippen LogP contribution in [0.2, 0.25) is 0 Å². The Kier molecular flexibility index (Phi) is 8.06. The van der Waals surface area contributed by atoms with Gasteiger partial charge in [0.15, 0.2) is 0 Å². The number of hydrogen-bond donors (Lipinski definition) is 0. The molecule has 0 saturated heterocycles. The molecule has 2 unspecified atom stereocenters. The lowest BCUT2D eigenvalue weighted by Gasteiger charge is -2.44. The topological polar surface area (TPSA) is 12.5 Å². The Labute approximate surface area is 149 Å². The van der Waals surface area contributed by atoms with Gasteiger partial charge in [-0.15, -0.1) is 12.4 Å². The molecule has 2 rings (SSSR count). The van der Waals surface area contributed by atoms with Crippen molar-refractivity contribution in [2.45, 2.75) is 58.0 Å². The van der Waals surface area contributed by atoms with E-state index in [1.54, 1.807) is 0 Å². The van der Waals surface area contributed by atoms with Gasteiger partial charge in [-0.05, 0) is 49.9 Å². The van der Waals surface area contributed by atoms with Crippen LogP contribution in [0.4, 0.5) is 0 Å². The average Bonchev–Trinajstić information content (AvgIpc) is 2.49. The Bertz CT molecular complexity index is 474. The Morgan fingerprint density at radius 3 is 2.52 bits per heavy atom. The van der Waals surface area contributed by atoms with E-state index in [2.05, 4.69) is 64.0 Å². The van der Waals surface area contributed by atoms with Crippen molar-refractivity contribution >= 4 is 12.4 Å². The first-order valence-electron chi connectivity index (χ1n) is 8.85. The minimum absolute atomic E-state index is 0. The van der Waals surface area contributed by atoms with Gasteiger partial charge in [0, 0.05) is 6.54 Å². The van der Waals surface area contributed by atoms with E-state index < -0.39 is 0 Å². The van der Waals surface area contributed by atoms with Crippen LogP contribution < -0.4 is 0 Å². The third kappa shape index (κ3) is 4.71. The zero-order chi connectivity index (χ0) is 16.2. The van der Waals surface area contributed by atoms with E-state index in [4.69, 9.17) is 4.74 Å². The van der Waals surface area contributed by atoms with Crippen molar-refractivity contribution in [3.05, 3.63) is 35.4 Å². The molecule has 3 heteroatoms. The fourth-order valence-corrected chi connectivity index (χ4v) is 3.81. The lowest BCUT2D eigenvalue weighted by atomic mass is 9.70. The summed E-state index contributed by atoms with van der Waals surface area (Å²) in [5.74, 6) is 1.13. The molecule has 0 bridgehead atoms. The fourth-order valence-electron chi connectivity index (χ4n) is 3.81. The average molecular weight is 340 g/mol. The van der Waals surface area contributed by atoms with Crippen molar-refractivity contribution in [2.24, 2.45) is 5.92 Å². The maximum absolute atomic E-state index is 6.63. The number of rotatable bonds is 6. The Hall–Kier alpha value is -0.570. The molecule has 0 aromatic heterocycles. The third-order valence-corrected chi connectivity index (χ3v) is 5.17. The first-order valence-corrected chi connectivity index (χ1v) is 8.85. The fraction of sp³-hybridized carbons (Fsp3) is 0.700. The van der Waals surface area contributed by atoms with Gasteiger partial charge in [-0.1, -0.05) is 57.9 Å². The second-order valence-corrected chi connectivity index (χ2v) is 7.43. The predicted molar refractivity (Wildman–Crippen MR) is 102 cm³/mol. The van der Waals surface area contributed by atoms with Crippen LogP contribution in [0, 0.1) is 5.92 Å². The SMILES string of the molecule is CC(C)c1ccccc1C1(OCCN(C)C)CCCCC1C.Cl. The van der Waals surface area contributed by atoms with Crippen LogP contribution in [0.5, 0.6) is 0 Å². The van der Waals surface area contributed by atoms with E-state index in [1.807, 2.05) is 0 Å². The monoisotopic (exact) mass is 339 g/mol. The summed E-state index contributed by atoms with van der Waals surface area (Å²) in [5.41, 5.74) is 2.81. The number of halogens is 1. The van der Waals surface area contributed by atoms with E-state index in [0.717, 1.165) is 19.6 Å². The van der Waals surface area contributed by atoms with E-state index in [-0.39, 0.29) is 18.0 Å². The molecule has 0 spiro atoms. The summed E-state index contributed by atoms with van der Waals surface area (Å²) in [4.78, 5) is 2.20. The van der Waals surface area contributed by atoms with Gasteiger partial charge in [0.25, 0.3) is 0 Å². The summed E-state index contributed by atoms with van der Waals surface area (Å²) in [6.07, 6.45) is 5.04. The summed E-state index contributed by atoms with van der Waals surface area (Å²) in [6, 6.07) is 8.95. The number of likely N-dealkylation sites (N-methyl/N-ethyl adjacent to an activating group) is 1. The van der Waals surface area contributed by atoms with Crippen LogP contribution in [-0.4, -0.2) is 32.1 Å². The van der Waals surface area contributed by atoms with Gasteiger partial charge in [0.1, 0.15) is 0 Å². The van der Waals surface area contributed by atoms with Crippen molar-refractivity contribution in [1.29, 1.82) is 0 Å². The predicted octanol–water partition coefficient (Wildman–Crippen LogP) is 5.22. The number of hydrogen-bond acceptors (Lipinski definition) is 2. The van der Waals surface area contributed by atoms with Gasteiger partial charge in [0.05, 0.1) is 12.2 Å². The third-order valence-electron chi connectivity index (χ3n) is 5.17. The molecular formula is C20H34ClNO. The molecule has 0 N–H and O–H groups in total. The zero-order valence-corrected chi connectivity index (χ0v) is 16.3. The molecule has 0 aliphatic heterocycles. The second kappa shape index (κ2) is 9.05. The number of benzene rings is 1. The molecule has 1 fully saturated rings. The van der Waals surface area contributed by atoms with Crippen molar-refractivity contribution in [3.8, 4) is 0 Å². The smallest absolute Gasteiger partial charge is 0.0960 e. The van der Waals surface area contributed by atoms with Gasteiger partial charge in [-0.25, -0.2) is 0 Å². The molecule has 1 saturated carbocycles. The van der Waals surface area contributed by atoms with Crippen LogP contribution in [0.1, 0.15) is 63.5 Å². The molecule has 1 aromatic carbocycles. The van der Waals surface area contributed by atoms with Gasteiger partial charge in [-0.2, -0.15) is 0 Å². The normalized spacial score (nSPS) is 24.7. The Morgan fingerprint density at radius 2 is 1.91 bits per heavy atom. The molecule has 23 heavy (non-hydrogen) atoms. The first-order chi connectivity index (χ1) is 10.5. The Balaban J connectivity index is 0.00000264. The summed E-state index contributed by atoms with van der Waals surface area (Å²) in [6.45, 7) is 8.76. The van der Waals surface area contributed by atoms with Gasteiger partial charge in [0.2, 0.25) is 0 Å². The van der Waals surface area contributed by atoms with Gasteiger partial charge in [-0.3, -0.25) is 0 Å². The summed E-state index contributed by atoms with van der Waals surface area (Å²) < 4.78 is 6.63. The van der Waals surface area contributed by atoms with Crippen molar-refractivity contribution in [3.63, 3.8) is 0 Å². The van der Waals surface area contributed by atoms with Crippen LogP contribution in [0.15, 0.2) is 24.3 Å². The molecule has 0 heterocycles. The Morgan fingerprint density at radius 1 is 1.22 bits per heavy atom. The van der Waals surface area contributed by atoms with Crippen molar-refractivity contribution < 1.29 is 4.74 Å². The number of ether oxygens (including phenoxy) is 1. The van der Waals surface area contributed by atoms with Crippen LogP contribution in [0.25, 0.3) is 0 Å². The highest BCUT2D eigenvalue weighted by atomic mass is 35.5. The second-order valence-electron chi connectivity index (χ2n) is 7.43. The summed E-state index contributed by atoms with van der Waals surface area (Å²) in [7, 11) is 4.23. The van der Waals surface area contributed by atoms with E-state index in [1.165, 1.54) is 30.4 Å². The van der Waals surface area contributed by atoms with Crippen molar-refractivity contribution in [1.82, 2.24) is 4.90 Å². The van der Waals surface area contributed by atoms with E-state index in [9.17, 15) is 0 Å². The summed E-state index contributed by atoms with van der Waals surface area (Å²) in [5, 5.41) is 0. The summed E-state index contributed by atoms with van der Waals surface area (Å²) >= 11 is 0. The lowest BCUT2D eigenvalue weighted by Crippen LogP contribution is -2.41. The highest BCUT2D eigenvalue weighted by Crippen LogP contribution is 2.46. The molecule has 132 valence electrons. The quantitative estimate of drug-likeness (QED) is 0.704. The highest BCUT2D eigenvalue weighted by Gasteiger charge is 2.42. The maximum Gasteiger partial charge on any atom is 0.0960 e. The molecule has 0 amide bonds. The number of nitrogens with zero attached hydrogens (tertiary/aromatic N) is 1. The molecule has 1 aliphatic carbocycles. The minimum Gasteiger partial charge on any atom is -0.369 e. The molecule has 1 aliphatic rings. The lowest BCUT2D eigenvalue weighted by molar-refractivity contribution is -0.113. The molecule has 1 aromatic rings. The standard InChI is InChI=1S/C20H33NO.ClH/c1-16(2)18-11-6-7-12-19(18)20(22-15-14-21(4)5)13-9-8-10-17(20)3;/h6-7,11-12,16-17H,8-10,13-15H2,1-5H3;1H. The van der Waals surface area contributed by atoms with Gasteiger partial charge < -0.3 is 9.64 Å².